The number of hydrogen-bond acceptors (Lipinski definition) is 7. The van der Waals surface area contributed by atoms with Crippen LogP contribution in [0.25, 0.3) is 11.4 Å². The summed E-state index contributed by atoms with van der Waals surface area (Å²) in [6.07, 6.45) is -2.39. The summed E-state index contributed by atoms with van der Waals surface area (Å²) >= 11 is 0. The Hall–Kier alpha value is -3.63. The summed E-state index contributed by atoms with van der Waals surface area (Å²) in [5.74, 6) is 1.79. The van der Waals surface area contributed by atoms with Gasteiger partial charge in [-0.15, -0.1) is 0 Å². The highest BCUT2D eigenvalue weighted by molar-refractivity contribution is 5.75. The van der Waals surface area contributed by atoms with Crippen molar-refractivity contribution in [1.29, 1.82) is 0 Å². The van der Waals surface area contributed by atoms with Crippen LogP contribution in [0.15, 0.2) is 47.1 Å². The Labute approximate surface area is 182 Å². The molecule has 3 rings (SSSR count). The van der Waals surface area contributed by atoms with Gasteiger partial charge >= 0.3 is 6.18 Å². The number of carbonyl (C=O) groups excluding carboxylic acids is 1. The fraction of sp³-hybridized carbons (Fsp3) is 0.333. The fourth-order valence-electron chi connectivity index (χ4n) is 2.76. The van der Waals surface area contributed by atoms with Crippen LogP contribution in [0, 0.1) is 0 Å². The highest BCUT2D eigenvalue weighted by Crippen LogP contribution is 2.28. The van der Waals surface area contributed by atoms with E-state index in [4.69, 9.17) is 9.26 Å². The minimum Gasteiger partial charge on any atom is -0.497 e. The summed E-state index contributed by atoms with van der Waals surface area (Å²) in [5, 5.41) is 9.52. The predicted molar refractivity (Wildman–Crippen MR) is 110 cm³/mol. The van der Waals surface area contributed by atoms with Crippen molar-refractivity contribution < 1.29 is 27.2 Å². The molecule has 11 heteroatoms. The quantitative estimate of drug-likeness (QED) is 0.455. The Kier molecular flexibility index (Phi) is 7.63. The van der Waals surface area contributed by atoms with Gasteiger partial charge in [0.2, 0.25) is 17.6 Å². The lowest BCUT2D eigenvalue weighted by molar-refractivity contribution is -0.137. The standard InChI is InChI=1S/C21H22F3N5O3/c1-31-16-8-5-14(6-9-16)20-28-19(32-29-20)4-2-3-18(30)26-12-11-25-17-10-7-15(13-27-17)21(22,23)24/h5-10,13H,2-4,11-12H2,1H3,(H,25,27)(H,26,30). The minimum atomic E-state index is -4.42. The molecule has 0 aliphatic carbocycles. The van der Waals surface area contributed by atoms with Crippen LogP contribution in [0.5, 0.6) is 5.75 Å². The average Bonchev–Trinajstić information content (AvgIpc) is 3.25. The molecule has 2 N–H and O–H groups in total. The third-order valence-corrected chi connectivity index (χ3v) is 4.45. The monoisotopic (exact) mass is 449 g/mol. The maximum absolute atomic E-state index is 12.5. The Balaban J connectivity index is 1.33. The van der Waals surface area contributed by atoms with Crippen LogP contribution in [0.4, 0.5) is 19.0 Å². The zero-order chi connectivity index (χ0) is 23.0. The molecule has 1 amide bonds. The first-order chi connectivity index (χ1) is 15.3. The zero-order valence-electron chi connectivity index (χ0n) is 17.3. The van der Waals surface area contributed by atoms with E-state index in [1.807, 2.05) is 12.1 Å². The molecule has 0 saturated heterocycles. The molecule has 0 aliphatic rings. The van der Waals surface area contributed by atoms with E-state index in [0.29, 0.717) is 43.5 Å². The molecule has 2 aromatic heterocycles. The number of rotatable bonds is 10. The maximum Gasteiger partial charge on any atom is 0.417 e. The van der Waals surface area contributed by atoms with Crippen molar-refractivity contribution in [2.24, 2.45) is 0 Å². The molecule has 0 spiro atoms. The number of benzene rings is 1. The number of methoxy groups -OCH3 is 1. The Morgan fingerprint density at radius 3 is 2.56 bits per heavy atom. The molecule has 0 fully saturated rings. The van der Waals surface area contributed by atoms with Crippen LogP contribution < -0.4 is 15.4 Å². The number of ether oxygens (including phenoxy) is 1. The van der Waals surface area contributed by atoms with Crippen molar-refractivity contribution in [1.82, 2.24) is 20.4 Å². The number of pyridine rings is 1. The molecular weight excluding hydrogens is 427 g/mol. The van der Waals surface area contributed by atoms with Crippen molar-refractivity contribution in [2.75, 3.05) is 25.5 Å². The van der Waals surface area contributed by atoms with E-state index in [-0.39, 0.29) is 12.3 Å². The van der Waals surface area contributed by atoms with Gasteiger partial charge in [0.25, 0.3) is 0 Å². The molecule has 0 bridgehead atoms. The van der Waals surface area contributed by atoms with Crippen LogP contribution >= 0.6 is 0 Å². The second-order valence-electron chi connectivity index (χ2n) is 6.80. The van der Waals surface area contributed by atoms with Gasteiger partial charge in [0, 0.05) is 37.7 Å². The summed E-state index contributed by atoms with van der Waals surface area (Å²) in [6.45, 7) is 0.642. The summed E-state index contributed by atoms with van der Waals surface area (Å²) in [4.78, 5) is 20.0. The van der Waals surface area contributed by atoms with Crippen molar-refractivity contribution in [2.45, 2.75) is 25.4 Å². The number of anilines is 1. The van der Waals surface area contributed by atoms with E-state index < -0.39 is 11.7 Å². The molecule has 170 valence electrons. The maximum atomic E-state index is 12.5. The number of halogens is 3. The number of aryl methyl sites for hydroxylation is 1. The molecule has 0 atom stereocenters. The third-order valence-electron chi connectivity index (χ3n) is 4.45. The van der Waals surface area contributed by atoms with E-state index in [2.05, 4.69) is 25.8 Å². The summed E-state index contributed by atoms with van der Waals surface area (Å²) in [5.41, 5.74) is -0.0118. The van der Waals surface area contributed by atoms with Gasteiger partial charge in [-0.3, -0.25) is 4.79 Å². The fourth-order valence-corrected chi connectivity index (χ4v) is 2.76. The van der Waals surface area contributed by atoms with Crippen LogP contribution in [0.2, 0.25) is 0 Å². The summed E-state index contributed by atoms with van der Waals surface area (Å²) in [7, 11) is 1.59. The zero-order valence-corrected chi connectivity index (χ0v) is 17.3. The Morgan fingerprint density at radius 1 is 1.12 bits per heavy atom. The number of nitrogens with one attached hydrogen (secondary N) is 2. The molecule has 0 radical (unpaired) electrons. The summed E-state index contributed by atoms with van der Waals surface area (Å²) < 4.78 is 47.8. The van der Waals surface area contributed by atoms with Gasteiger partial charge in [-0.2, -0.15) is 18.2 Å². The van der Waals surface area contributed by atoms with Gasteiger partial charge in [-0.1, -0.05) is 5.16 Å². The first-order valence-electron chi connectivity index (χ1n) is 9.86. The molecule has 32 heavy (non-hydrogen) atoms. The van der Waals surface area contributed by atoms with Crippen LogP contribution in [-0.2, 0) is 17.4 Å². The second kappa shape index (κ2) is 10.6. The smallest absolute Gasteiger partial charge is 0.417 e. The normalized spacial score (nSPS) is 11.2. The number of nitrogens with zero attached hydrogens (tertiary/aromatic N) is 3. The minimum absolute atomic E-state index is 0.151. The molecule has 3 aromatic rings. The number of amides is 1. The third kappa shape index (κ3) is 6.69. The van der Waals surface area contributed by atoms with Crippen LogP contribution in [0.3, 0.4) is 0 Å². The van der Waals surface area contributed by atoms with Crippen molar-refractivity contribution >= 4 is 11.7 Å². The van der Waals surface area contributed by atoms with Crippen molar-refractivity contribution in [3.63, 3.8) is 0 Å². The second-order valence-corrected chi connectivity index (χ2v) is 6.80. The Bertz CT molecular complexity index is 1000. The van der Waals surface area contributed by atoms with Gasteiger partial charge in [0.05, 0.1) is 12.7 Å². The van der Waals surface area contributed by atoms with E-state index in [0.717, 1.165) is 23.6 Å². The van der Waals surface area contributed by atoms with E-state index in [9.17, 15) is 18.0 Å². The lowest BCUT2D eigenvalue weighted by atomic mass is 10.2. The molecule has 0 aliphatic heterocycles. The first kappa shape index (κ1) is 23.0. The largest absolute Gasteiger partial charge is 0.497 e. The van der Waals surface area contributed by atoms with Crippen molar-refractivity contribution in [3.05, 3.63) is 54.0 Å². The molecular formula is C21H22F3N5O3. The Morgan fingerprint density at radius 2 is 1.91 bits per heavy atom. The van der Waals surface area contributed by atoms with E-state index >= 15 is 0 Å². The van der Waals surface area contributed by atoms with Crippen LogP contribution in [0.1, 0.15) is 24.3 Å². The number of carbonyl (C=O) groups is 1. The lowest BCUT2D eigenvalue weighted by Crippen LogP contribution is -2.28. The van der Waals surface area contributed by atoms with E-state index in [1.165, 1.54) is 6.07 Å². The lowest BCUT2D eigenvalue weighted by Gasteiger charge is -2.09. The highest BCUT2D eigenvalue weighted by Gasteiger charge is 2.30. The SMILES string of the molecule is COc1ccc(-c2noc(CCCC(=O)NCCNc3ccc(C(F)(F)F)cn3)n2)cc1. The molecule has 0 unspecified atom stereocenters. The summed E-state index contributed by atoms with van der Waals surface area (Å²) in [6, 6.07) is 9.46. The number of aromatic nitrogens is 3. The van der Waals surface area contributed by atoms with Crippen LogP contribution in [-0.4, -0.2) is 41.2 Å². The topological polar surface area (TPSA) is 102 Å². The van der Waals surface area contributed by atoms with Gasteiger partial charge in [0.1, 0.15) is 11.6 Å². The molecule has 1 aromatic carbocycles. The van der Waals surface area contributed by atoms with Gasteiger partial charge in [-0.25, -0.2) is 4.98 Å². The average molecular weight is 449 g/mol. The number of hydrogen-bond donors (Lipinski definition) is 2. The first-order valence-corrected chi connectivity index (χ1v) is 9.86. The molecule has 0 saturated carbocycles. The van der Waals surface area contributed by atoms with Gasteiger partial charge < -0.3 is 19.9 Å². The van der Waals surface area contributed by atoms with Gasteiger partial charge in [-0.05, 0) is 42.8 Å². The number of alkyl halides is 3. The molecule has 2 heterocycles. The predicted octanol–water partition coefficient (Wildman–Crippen LogP) is 3.71. The van der Waals surface area contributed by atoms with Gasteiger partial charge in [0.15, 0.2) is 0 Å². The van der Waals surface area contributed by atoms with Crippen molar-refractivity contribution in [3.8, 4) is 17.1 Å². The molecule has 8 nitrogen and oxygen atoms in total. The highest BCUT2D eigenvalue weighted by atomic mass is 19.4. The van der Waals surface area contributed by atoms with E-state index in [1.54, 1.807) is 19.2 Å².